The first kappa shape index (κ1) is 20.3. The Bertz CT molecular complexity index is 716. The molecule has 0 aromatic heterocycles. The minimum Gasteiger partial charge on any atom is -0.395 e. The highest BCUT2D eigenvalue weighted by atomic mass is 16.5. The first-order chi connectivity index (χ1) is 13.7. The number of ether oxygens (including phenoxy) is 1. The molecular weight excluding hydrogens is 354 g/mol. The number of nitrogens with zero attached hydrogens (tertiary/aromatic N) is 2. The highest BCUT2D eigenvalue weighted by Gasteiger charge is 2.13. The van der Waals surface area contributed by atoms with Crippen LogP contribution < -0.4 is 5.32 Å². The number of carbonyl (C=O) groups is 1. The summed E-state index contributed by atoms with van der Waals surface area (Å²) >= 11 is 0. The molecule has 1 aliphatic rings. The van der Waals surface area contributed by atoms with Crippen LogP contribution in [0.5, 0.6) is 0 Å². The molecular formula is C22H29N3O3. The van der Waals surface area contributed by atoms with Crippen molar-refractivity contribution in [1.29, 1.82) is 0 Å². The van der Waals surface area contributed by atoms with Crippen molar-refractivity contribution in [2.75, 3.05) is 39.5 Å². The second-order valence-electron chi connectivity index (χ2n) is 6.99. The Morgan fingerprint density at radius 3 is 2.36 bits per heavy atom. The van der Waals surface area contributed by atoms with Crippen LogP contribution in [0.3, 0.4) is 0 Å². The maximum absolute atomic E-state index is 12.5. The van der Waals surface area contributed by atoms with E-state index in [0.29, 0.717) is 19.6 Å². The van der Waals surface area contributed by atoms with E-state index in [-0.39, 0.29) is 12.6 Å². The van der Waals surface area contributed by atoms with E-state index < -0.39 is 0 Å². The fraction of sp³-hybridized carbons (Fsp3) is 0.409. The van der Waals surface area contributed by atoms with Gasteiger partial charge in [0.1, 0.15) is 0 Å². The van der Waals surface area contributed by atoms with Crippen molar-refractivity contribution in [2.45, 2.75) is 19.6 Å². The maximum Gasteiger partial charge on any atom is 0.318 e. The Balaban J connectivity index is 1.49. The minimum absolute atomic E-state index is 0.0590. The summed E-state index contributed by atoms with van der Waals surface area (Å²) in [6, 6.07) is 18.0. The largest absolute Gasteiger partial charge is 0.395 e. The Kier molecular flexibility index (Phi) is 7.84. The summed E-state index contributed by atoms with van der Waals surface area (Å²) in [6.07, 6.45) is 0. The molecule has 0 radical (unpaired) electrons. The van der Waals surface area contributed by atoms with Crippen LogP contribution in [0.15, 0.2) is 54.6 Å². The molecule has 0 atom stereocenters. The Labute approximate surface area is 166 Å². The van der Waals surface area contributed by atoms with E-state index >= 15 is 0 Å². The number of aliphatic hydroxyl groups is 1. The van der Waals surface area contributed by atoms with Gasteiger partial charge in [-0.25, -0.2) is 4.79 Å². The molecule has 0 spiro atoms. The fourth-order valence-corrected chi connectivity index (χ4v) is 3.25. The Hall–Kier alpha value is -2.41. The van der Waals surface area contributed by atoms with Gasteiger partial charge in [-0.15, -0.1) is 0 Å². The molecule has 3 rings (SSSR count). The van der Waals surface area contributed by atoms with Gasteiger partial charge in [-0.3, -0.25) is 4.90 Å². The fourth-order valence-electron chi connectivity index (χ4n) is 3.25. The lowest BCUT2D eigenvalue weighted by atomic mass is 10.1. The molecule has 6 heteroatoms. The number of benzene rings is 2. The summed E-state index contributed by atoms with van der Waals surface area (Å²) in [4.78, 5) is 16.5. The van der Waals surface area contributed by atoms with Gasteiger partial charge in [0, 0.05) is 39.3 Å². The third kappa shape index (κ3) is 6.34. The molecule has 150 valence electrons. The van der Waals surface area contributed by atoms with E-state index in [2.05, 4.69) is 34.5 Å². The summed E-state index contributed by atoms with van der Waals surface area (Å²) in [5.74, 6) is 0. The smallest absolute Gasteiger partial charge is 0.318 e. The zero-order valence-corrected chi connectivity index (χ0v) is 16.2. The Morgan fingerprint density at radius 2 is 1.68 bits per heavy atom. The summed E-state index contributed by atoms with van der Waals surface area (Å²) in [5.41, 5.74) is 3.37. The van der Waals surface area contributed by atoms with Crippen LogP contribution in [0.25, 0.3) is 0 Å². The average Bonchev–Trinajstić information content (AvgIpc) is 2.74. The van der Waals surface area contributed by atoms with Gasteiger partial charge in [-0.1, -0.05) is 54.6 Å². The zero-order chi connectivity index (χ0) is 19.6. The number of hydrogen-bond acceptors (Lipinski definition) is 4. The highest BCUT2D eigenvalue weighted by molar-refractivity contribution is 5.74. The second kappa shape index (κ2) is 10.8. The van der Waals surface area contributed by atoms with E-state index in [1.165, 1.54) is 5.56 Å². The van der Waals surface area contributed by atoms with Crippen LogP contribution in [0, 0.1) is 0 Å². The SMILES string of the molecule is O=C(NCc1ccc(CN2CCOCC2)cc1)N(CCO)Cc1ccccc1. The molecule has 1 heterocycles. The molecule has 1 saturated heterocycles. The molecule has 2 aromatic carbocycles. The van der Waals surface area contributed by atoms with Crippen molar-refractivity contribution in [3.05, 3.63) is 71.3 Å². The molecule has 2 N–H and O–H groups in total. The van der Waals surface area contributed by atoms with E-state index in [4.69, 9.17) is 4.74 Å². The van der Waals surface area contributed by atoms with Gasteiger partial charge in [0.25, 0.3) is 0 Å². The van der Waals surface area contributed by atoms with Crippen LogP contribution in [0.1, 0.15) is 16.7 Å². The number of nitrogens with one attached hydrogen (secondary N) is 1. The van der Waals surface area contributed by atoms with Crippen molar-refractivity contribution < 1.29 is 14.6 Å². The van der Waals surface area contributed by atoms with Gasteiger partial charge in [-0.2, -0.15) is 0 Å². The lowest BCUT2D eigenvalue weighted by Crippen LogP contribution is -2.40. The van der Waals surface area contributed by atoms with Gasteiger partial charge < -0.3 is 20.1 Å². The van der Waals surface area contributed by atoms with Crippen LogP contribution in [-0.4, -0.2) is 60.4 Å². The Morgan fingerprint density at radius 1 is 1.00 bits per heavy atom. The van der Waals surface area contributed by atoms with Crippen molar-refractivity contribution in [3.63, 3.8) is 0 Å². The van der Waals surface area contributed by atoms with Crippen LogP contribution >= 0.6 is 0 Å². The number of carbonyl (C=O) groups excluding carboxylic acids is 1. The predicted molar refractivity (Wildman–Crippen MR) is 109 cm³/mol. The molecule has 0 aliphatic carbocycles. The number of hydrogen-bond donors (Lipinski definition) is 2. The van der Waals surface area contributed by atoms with E-state index in [0.717, 1.165) is 44.0 Å². The number of aliphatic hydroxyl groups excluding tert-OH is 1. The van der Waals surface area contributed by atoms with E-state index in [1.807, 2.05) is 30.3 Å². The number of amides is 2. The van der Waals surface area contributed by atoms with Gasteiger partial charge in [0.05, 0.1) is 19.8 Å². The minimum atomic E-state index is -0.171. The molecule has 1 fully saturated rings. The summed E-state index contributed by atoms with van der Waals surface area (Å²) in [5, 5.41) is 12.2. The molecule has 6 nitrogen and oxygen atoms in total. The first-order valence-electron chi connectivity index (χ1n) is 9.80. The number of urea groups is 1. The summed E-state index contributed by atoms with van der Waals surface area (Å²) < 4.78 is 5.38. The van der Waals surface area contributed by atoms with Crippen molar-refractivity contribution in [1.82, 2.24) is 15.1 Å². The van der Waals surface area contributed by atoms with E-state index in [9.17, 15) is 9.90 Å². The van der Waals surface area contributed by atoms with Gasteiger partial charge in [-0.05, 0) is 16.7 Å². The van der Waals surface area contributed by atoms with Gasteiger partial charge in [0.2, 0.25) is 0 Å². The quantitative estimate of drug-likeness (QED) is 0.734. The third-order valence-corrected chi connectivity index (χ3v) is 4.85. The lowest BCUT2D eigenvalue weighted by molar-refractivity contribution is 0.0342. The average molecular weight is 383 g/mol. The van der Waals surface area contributed by atoms with Crippen molar-refractivity contribution in [3.8, 4) is 0 Å². The van der Waals surface area contributed by atoms with Crippen molar-refractivity contribution in [2.24, 2.45) is 0 Å². The lowest BCUT2D eigenvalue weighted by Gasteiger charge is -2.26. The predicted octanol–water partition coefficient (Wildman–Crippen LogP) is 2.22. The summed E-state index contributed by atoms with van der Waals surface area (Å²) in [6.45, 7) is 5.67. The molecule has 0 bridgehead atoms. The van der Waals surface area contributed by atoms with Gasteiger partial charge in [0.15, 0.2) is 0 Å². The third-order valence-electron chi connectivity index (χ3n) is 4.85. The standard InChI is InChI=1S/C22H29N3O3/c26-13-10-25(18-20-4-2-1-3-5-20)22(27)23-16-19-6-8-21(9-7-19)17-24-11-14-28-15-12-24/h1-9,26H,10-18H2,(H,23,27). The zero-order valence-electron chi connectivity index (χ0n) is 16.2. The number of rotatable bonds is 8. The van der Waals surface area contributed by atoms with Gasteiger partial charge >= 0.3 is 6.03 Å². The molecule has 28 heavy (non-hydrogen) atoms. The molecule has 1 aliphatic heterocycles. The first-order valence-corrected chi connectivity index (χ1v) is 9.80. The normalized spacial score (nSPS) is 14.6. The monoisotopic (exact) mass is 383 g/mol. The molecule has 2 aromatic rings. The van der Waals surface area contributed by atoms with Crippen molar-refractivity contribution >= 4 is 6.03 Å². The van der Waals surface area contributed by atoms with Crippen LogP contribution in [0.2, 0.25) is 0 Å². The van der Waals surface area contributed by atoms with E-state index in [1.54, 1.807) is 4.90 Å². The summed E-state index contributed by atoms with van der Waals surface area (Å²) in [7, 11) is 0. The highest BCUT2D eigenvalue weighted by Crippen LogP contribution is 2.10. The molecule has 2 amide bonds. The van der Waals surface area contributed by atoms with Crippen LogP contribution in [-0.2, 0) is 24.4 Å². The number of morpholine rings is 1. The topological polar surface area (TPSA) is 65.0 Å². The molecule has 0 saturated carbocycles. The molecule has 0 unspecified atom stereocenters. The maximum atomic E-state index is 12.5. The second-order valence-corrected chi connectivity index (χ2v) is 6.99. The van der Waals surface area contributed by atoms with Crippen LogP contribution in [0.4, 0.5) is 4.79 Å².